The molecule has 5 heteroatoms. The van der Waals surface area contributed by atoms with Crippen molar-refractivity contribution < 1.29 is 19.7 Å². The first-order valence-corrected chi connectivity index (χ1v) is 7.36. The smallest absolute Gasteiger partial charge is 0.165 e. The number of halogens is 1. The van der Waals surface area contributed by atoms with E-state index >= 15 is 0 Å². The molecule has 4 N–H and O–H groups in total. The zero-order valence-electron chi connectivity index (χ0n) is 12.6. The van der Waals surface area contributed by atoms with Crippen LogP contribution in [-0.2, 0) is 0 Å². The van der Waals surface area contributed by atoms with E-state index in [2.05, 4.69) is 5.32 Å². The quantitative estimate of drug-likeness (QED) is 0.432. The molecule has 0 aliphatic rings. The predicted octanol–water partition coefficient (Wildman–Crippen LogP) is 4.01. The van der Waals surface area contributed by atoms with E-state index in [1.807, 2.05) is 6.07 Å². The van der Waals surface area contributed by atoms with Crippen LogP contribution in [0.1, 0.15) is 11.8 Å². The molecule has 4 nitrogen and oxygen atoms in total. The van der Waals surface area contributed by atoms with Gasteiger partial charge in [0.2, 0.25) is 0 Å². The summed E-state index contributed by atoms with van der Waals surface area (Å²) in [7, 11) is 0. The number of hydrogen-bond donors (Lipinski definition) is 4. The zero-order valence-corrected chi connectivity index (χ0v) is 12.6. The molecule has 0 aliphatic heterocycles. The Kier molecular flexibility index (Phi) is 4.35. The third-order valence-electron chi connectivity index (χ3n) is 3.69. The van der Waals surface area contributed by atoms with Gasteiger partial charge in [0.15, 0.2) is 17.8 Å². The second kappa shape index (κ2) is 6.60. The molecular formula is C19H16FNO3. The lowest BCUT2D eigenvalue weighted by Gasteiger charge is -2.16. The number of rotatable bonds is 4. The molecule has 3 rings (SSSR count). The lowest BCUT2D eigenvalue weighted by Crippen LogP contribution is -2.09. The predicted molar refractivity (Wildman–Crippen MR) is 90.2 cm³/mol. The maximum absolute atomic E-state index is 13.5. The van der Waals surface area contributed by atoms with Crippen LogP contribution in [0.25, 0.3) is 11.1 Å². The van der Waals surface area contributed by atoms with Crippen molar-refractivity contribution in [3.8, 4) is 22.6 Å². The summed E-state index contributed by atoms with van der Waals surface area (Å²) in [6.45, 7) is 0. The largest absolute Gasteiger partial charge is 0.506 e. The normalized spacial score (nSPS) is 11.9. The highest BCUT2D eigenvalue weighted by atomic mass is 19.1. The second-order valence-electron chi connectivity index (χ2n) is 5.36. The Labute approximate surface area is 138 Å². The van der Waals surface area contributed by atoms with Crippen molar-refractivity contribution in [3.05, 3.63) is 78.1 Å². The Morgan fingerprint density at radius 2 is 1.42 bits per heavy atom. The van der Waals surface area contributed by atoms with Crippen molar-refractivity contribution in [2.75, 3.05) is 5.32 Å². The highest BCUT2D eigenvalue weighted by Gasteiger charge is 2.11. The van der Waals surface area contributed by atoms with Crippen molar-refractivity contribution in [1.82, 2.24) is 0 Å². The monoisotopic (exact) mass is 325 g/mol. The fourth-order valence-corrected chi connectivity index (χ4v) is 2.38. The van der Waals surface area contributed by atoms with Gasteiger partial charge in [-0.3, -0.25) is 0 Å². The number of aromatic hydroxyl groups is 2. The molecule has 1 atom stereocenters. The average Bonchev–Trinajstić information content (AvgIpc) is 2.60. The molecular weight excluding hydrogens is 309 g/mol. The van der Waals surface area contributed by atoms with Crippen LogP contribution in [0.2, 0.25) is 0 Å². The number of aliphatic hydroxyl groups excluding tert-OH is 1. The molecule has 0 fully saturated rings. The molecule has 0 amide bonds. The van der Waals surface area contributed by atoms with Crippen LogP contribution >= 0.6 is 0 Å². The Morgan fingerprint density at radius 3 is 2.08 bits per heavy atom. The van der Waals surface area contributed by atoms with Crippen molar-refractivity contribution >= 4 is 5.69 Å². The summed E-state index contributed by atoms with van der Waals surface area (Å²) in [5, 5.41) is 32.3. The number of anilines is 1. The molecule has 3 aromatic rings. The lowest BCUT2D eigenvalue weighted by molar-refractivity contribution is 0.207. The summed E-state index contributed by atoms with van der Waals surface area (Å²) in [4.78, 5) is 0. The van der Waals surface area contributed by atoms with Gasteiger partial charge in [-0.05, 0) is 35.4 Å². The molecule has 122 valence electrons. The van der Waals surface area contributed by atoms with Gasteiger partial charge in [0.1, 0.15) is 5.75 Å². The Hall–Kier alpha value is -3.05. The number of nitrogens with one attached hydrogen (secondary N) is 1. The summed E-state index contributed by atoms with van der Waals surface area (Å²) in [5.41, 5.74) is 2.15. The van der Waals surface area contributed by atoms with Crippen molar-refractivity contribution in [2.45, 2.75) is 6.23 Å². The fourth-order valence-electron chi connectivity index (χ4n) is 2.38. The highest BCUT2D eigenvalue weighted by Crippen LogP contribution is 2.33. The summed E-state index contributed by atoms with van der Waals surface area (Å²) in [6.07, 6.45) is -0.996. The first-order chi connectivity index (χ1) is 11.5. The number of phenolic OH excluding ortho intramolecular Hbond substituents is 2. The molecule has 0 aromatic heterocycles. The van der Waals surface area contributed by atoms with E-state index in [-0.39, 0.29) is 5.75 Å². The lowest BCUT2D eigenvalue weighted by atomic mass is 10.0. The number of benzene rings is 3. The molecule has 0 saturated carbocycles. The molecule has 3 aromatic carbocycles. The maximum Gasteiger partial charge on any atom is 0.165 e. The van der Waals surface area contributed by atoms with Gasteiger partial charge in [-0.15, -0.1) is 0 Å². The molecule has 0 aliphatic carbocycles. The highest BCUT2D eigenvalue weighted by molar-refractivity contribution is 5.72. The van der Waals surface area contributed by atoms with Crippen LogP contribution in [0.15, 0.2) is 66.7 Å². The van der Waals surface area contributed by atoms with Gasteiger partial charge in [0.25, 0.3) is 0 Å². The van der Waals surface area contributed by atoms with E-state index in [0.717, 1.165) is 0 Å². The van der Waals surface area contributed by atoms with Crippen LogP contribution in [-0.4, -0.2) is 15.3 Å². The van der Waals surface area contributed by atoms with E-state index in [9.17, 15) is 19.7 Å². The number of hydrogen-bond acceptors (Lipinski definition) is 4. The Balaban J connectivity index is 1.90. The molecule has 0 heterocycles. The number of phenols is 2. The first kappa shape index (κ1) is 15.8. The molecule has 24 heavy (non-hydrogen) atoms. The third kappa shape index (κ3) is 3.31. The summed E-state index contributed by atoms with van der Waals surface area (Å²) < 4.78 is 13.5. The van der Waals surface area contributed by atoms with Crippen LogP contribution in [0.3, 0.4) is 0 Å². The standard InChI is InChI=1S/C19H16FNO3/c20-15-10-13(6-8-17(15)22)14-7-9-18(23)16(11-14)21-19(24)12-4-2-1-3-5-12/h1-11,19,21-24H. The summed E-state index contributed by atoms with van der Waals surface area (Å²) in [5.74, 6) is -1.18. The average molecular weight is 325 g/mol. The van der Waals surface area contributed by atoms with Crippen LogP contribution in [0.5, 0.6) is 11.5 Å². The molecule has 1 unspecified atom stereocenters. The Bertz CT molecular complexity index is 852. The molecule has 0 spiro atoms. The third-order valence-corrected chi connectivity index (χ3v) is 3.69. The van der Waals surface area contributed by atoms with E-state index in [1.54, 1.807) is 42.5 Å². The van der Waals surface area contributed by atoms with Gasteiger partial charge < -0.3 is 20.6 Å². The fraction of sp³-hybridized carbons (Fsp3) is 0.0526. The minimum atomic E-state index is -0.996. The van der Waals surface area contributed by atoms with Crippen molar-refractivity contribution in [3.63, 3.8) is 0 Å². The van der Waals surface area contributed by atoms with E-state index in [1.165, 1.54) is 18.2 Å². The van der Waals surface area contributed by atoms with Gasteiger partial charge >= 0.3 is 0 Å². The van der Waals surface area contributed by atoms with Crippen molar-refractivity contribution in [1.29, 1.82) is 0 Å². The molecule has 0 radical (unpaired) electrons. The zero-order chi connectivity index (χ0) is 17.1. The number of aliphatic hydroxyl groups is 1. The van der Waals surface area contributed by atoms with Gasteiger partial charge in [-0.2, -0.15) is 0 Å². The molecule has 0 bridgehead atoms. The maximum atomic E-state index is 13.5. The van der Waals surface area contributed by atoms with Gasteiger partial charge in [0, 0.05) is 5.56 Å². The van der Waals surface area contributed by atoms with Crippen LogP contribution in [0.4, 0.5) is 10.1 Å². The van der Waals surface area contributed by atoms with E-state index in [4.69, 9.17) is 0 Å². The van der Waals surface area contributed by atoms with Crippen LogP contribution < -0.4 is 5.32 Å². The van der Waals surface area contributed by atoms with E-state index in [0.29, 0.717) is 22.4 Å². The van der Waals surface area contributed by atoms with Crippen LogP contribution in [0, 0.1) is 5.82 Å². The minimum absolute atomic E-state index is 0.0343. The van der Waals surface area contributed by atoms with Gasteiger partial charge in [0.05, 0.1) is 5.69 Å². The van der Waals surface area contributed by atoms with Gasteiger partial charge in [-0.1, -0.05) is 42.5 Å². The molecule has 0 saturated heterocycles. The topological polar surface area (TPSA) is 72.7 Å². The van der Waals surface area contributed by atoms with E-state index < -0.39 is 17.8 Å². The van der Waals surface area contributed by atoms with Crippen molar-refractivity contribution in [2.24, 2.45) is 0 Å². The summed E-state index contributed by atoms with van der Waals surface area (Å²) >= 11 is 0. The van der Waals surface area contributed by atoms with Gasteiger partial charge in [-0.25, -0.2) is 4.39 Å². The SMILES string of the molecule is Oc1ccc(-c2ccc(O)c(NC(O)c3ccccc3)c2)cc1F. The Morgan fingerprint density at radius 1 is 0.792 bits per heavy atom. The first-order valence-electron chi connectivity index (χ1n) is 7.36. The summed E-state index contributed by atoms with van der Waals surface area (Å²) in [6, 6.07) is 17.7. The minimum Gasteiger partial charge on any atom is -0.506 e. The second-order valence-corrected chi connectivity index (χ2v) is 5.36.